The smallest absolute Gasteiger partial charge is 0.227 e. The minimum absolute atomic E-state index is 0.198. The van der Waals surface area contributed by atoms with Gasteiger partial charge in [-0.05, 0) is 41.7 Å². The lowest BCUT2D eigenvalue weighted by Crippen LogP contribution is -2.39. The second-order valence-electron chi connectivity index (χ2n) is 5.35. The number of carbonyl (C=O) groups excluding carboxylic acids is 1. The van der Waals surface area contributed by atoms with E-state index < -0.39 is 0 Å². The molecule has 0 bridgehead atoms. The van der Waals surface area contributed by atoms with Crippen molar-refractivity contribution in [2.24, 2.45) is 7.05 Å². The van der Waals surface area contributed by atoms with E-state index in [9.17, 15) is 4.79 Å². The van der Waals surface area contributed by atoms with Crippen LogP contribution in [0.15, 0.2) is 29.2 Å². The maximum absolute atomic E-state index is 12.6. The molecule has 3 heterocycles. The Kier molecular flexibility index (Phi) is 3.87. The summed E-state index contributed by atoms with van der Waals surface area (Å²) in [6.45, 7) is 0.864. The summed E-state index contributed by atoms with van der Waals surface area (Å²) in [5, 5.41) is 8.32. The normalized spacial score (nSPS) is 19.2. The molecule has 1 aliphatic rings. The number of hydrogen-bond acceptors (Lipinski definition) is 3. The van der Waals surface area contributed by atoms with Crippen molar-refractivity contribution in [3.63, 3.8) is 0 Å². The minimum atomic E-state index is 0.198. The summed E-state index contributed by atoms with van der Waals surface area (Å²) in [6, 6.07) is 2.23. The number of carbonyl (C=O) groups is 1. The molecule has 1 atom stereocenters. The lowest BCUT2D eigenvalue weighted by molar-refractivity contribution is -0.134. The van der Waals surface area contributed by atoms with Crippen LogP contribution in [-0.2, 0) is 18.3 Å². The summed E-state index contributed by atoms with van der Waals surface area (Å²) < 4.78 is 1.81. The van der Waals surface area contributed by atoms with Crippen LogP contribution in [0, 0.1) is 0 Å². The molecule has 0 saturated carbocycles. The third-order valence-corrected chi connectivity index (χ3v) is 4.60. The van der Waals surface area contributed by atoms with Crippen LogP contribution in [0.1, 0.15) is 36.4 Å². The third kappa shape index (κ3) is 2.77. The van der Waals surface area contributed by atoms with Gasteiger partial charge in [-0.25, -0.2) is 0 Å². The first-order valence-corrected chi connectivity index (χ1v) is 7.97. The Bertz CT molecular complexity index is 576. The van der Waals surface area contributed by atoms with Crippen molar-refractivity contribution in [2.75, 3.05) is 6.54 Å². The molecule has 0 aliphatic carbocycles. The third-order valence-electron chi connectivity index (χ3n) is 3.87. The molecule has 0 aromatic carbocycles. The molecule has 1 aliphatic heterocycles. The first-order chi connectivity index (χ1) is 9.74. The van der Waals surface area contributed by atoms with E-state index in [1.807, 2.05) is 40.5 Å². The summed E-state index contributed by atoms with van der Waals surface area (Å²) in [7, 11) is 1.92. The molecule has 0 unspecified atom stereocenters. The fraction of sp³-hybridized carbons (Fsp3) is 0.467. The van der Waals surface area contributed by atoms with Gasteiger partial charge in [0.15, 0.2) is 0 Å². The SMILES string of the molecule is Cn1cc([C@H]2CCCCN2C(=O)Cc2ccsc2)cn1. The predicted octanol–water partition coefficient (Wildman–Crippen LogP) is 2.78. The number of rotatable bonds is 3. The molecule has 106 valence electrons. The van der Waals surface area contributed by atoms with Crippen LogP contribution in [0.25, 0.3) is 0 Å². The molecular formula is C15H19N3OS. The van der Waals surface area contributed by atoms with E-state index in [1.165, 1.54) is 6.42 Å². The van der Waals surface area contributed by atoms with Crippen LogP contribution in [-0.4, -0.2) is 27.1 Å². The fourth-order valence-corrected chi connectivity index (χ4v) is 3.53. The van der Waals surface area contributed by atoms with Gasteiger partial charge in [-0.1, -0.05) is 0 Å². The highest BCUT2D eigenvalue weighted by molar-refractivity contribution is 7.07. The highest BCUT2D eigenvalue weighted by Crippen LogP contribution is 2.31. The first kappa shape index (κ1) is 13.4. The fourth-order valence-electron chi connectivity index (χ4n) is 2.86. The number of likely N-dealkylation sites (tertiary alicyclic amines) is 1. The van der Waals surface area contributed by atoms with E-state index in [-0.39, 0.29) is 11.9 Å². The lowest BCUT2D eigenvalue weighted by Gasteiger charge is -2.35. The van der Waals surface area contributed by atoms with Crippen LogP contribution in [0.2, 0.25) is 0 Å². The Labute approximate surface area is 123 Å². The molecule has 3 rings (SSSR count). The van der Waals surface area contributed by atoms with E-state index in [2.05, 4.69) is 10.5 Å². The average Bonchev–Trinajstić information content (AvgIpc) is 3.10. The molecule has 0 N–H and O–H groups in total. The second kappa shape index (κ2) is 5.79. The van der Waals surface area contributed by atoms with Gasteiger partial charge in [-0.2, -0.15) is 16.4 Å². The number of aromatic nitrogens is 2. The van der Waals surface area contributed by atoms with Crippen molar-refractivity contribution in [1.82, 2.24) is 14.7 Å². The molecule has 1 fully saturated rings. The molecule has 20 heavy (non-hydrogen) atoms. The topological polar surface area (TPSA) is 38.1 Å². The summed E-state index contributed by atoms with van der Waals surface area (Å²) >= 11 is 1.64. The Morgan fingerprint density at radius 2 is 2.40 bits per heavy atom. The average molecular weight is 289 g/mol. The zero-order valence-electron chi connectivity index (χ0n) is 11.7. The highest BCUT2D eigenvalue weighted by atomic mass is 32.1. The van der Waals surface area contributed by atoms with Crippen molar-refractivity contribution in [3.8, 4) is 0 Å². The van der Waals surface area contributed by atoms with Gasteiger partial charge in [-0.15, -0.1) is 0 Å². The number of amides is 1. The summed E-state index contributed by atoms with van der Waals surface area (Å²) in [4.78, 5) is 14.6. The maximum Gasteiger partial charge on any atom is 0.227 e. The number of thiophene rings is 1. The number of hydrogen-bond donors (Lipinski definition) is 0. The van der Waals surface area contributed by atoms with Gasteiger partial charge in [0.25, 0.3) is 0 Å². The molecule has 0 radical (unpaired) electrons. The maximum atomic E-state index is 12.6. The van der Waals surface area contributed by atoms with E-state index in [1.54, 1.807) is 11.3 Å². The van der Waals surface area contributed by atoms with E-state index in [0.717, 1.165) is 30.5 Å². The van der Waals surface area contributed by atoms with Crippen LogP contribution >= 0.6 is 11.3 Å². The van der Waals surface area contributed by atoms with Gasteiger partial charge < -0.3 is 4.90 Å². The van der Waals surface area contributed by atoms with Gasteiger partial charge in [0, 0.05) is 25.4 Å². The number of piperidine rings is 1. The molecule has 2 aromatic rings. The van der Waals surface area contributed by atoms with Crippen LogP contribution in [0.4, 0.5) is 0 Å². The zero-order chi connectivity index (χ0) is 13.9. The van der Waals surface area contributed by atoms with Crippen molar-refractivity contribution in [1.29, 1.82) is 0 Å². The van der Waals surface area contributed by atoms with Crippen LogP contribution in [0.5, 0.6) is 0 Å². The summed E-state index contributed by atoms with van der Waals surface area (Å²) in [5.74, 6) is 0.233. The van der Waals surface area contributed by atoms with Crippen molar-refractivity contribution in [3.05, 3.63) is 40.3 Å². The predicted molar refractivity (Wildman–Crippen MR) is 79.5 cm³/mol. The van der Waals surface area contributed by atoms with Gasteiger partial charge >= 0.3 is 0 Å². The Morgan fingerprint density at radius 1 is 1.50 bits per heavy atom. The Morgan fingerprint density at radius 3 is 3.10 bits per heavy atom. The van der Waals surface area contributed by atoms with Gasteiger partial charge in [0.2, 0.25) is 5.91 Å². The molecule has 5 heteroatoms. The Balaban J connectivity index is 1.76. The zero-order valence-corrected chi connectivity index (χ0v) is 12.5. The van der Waals surface area contributed by atoms with Crippen LogP contribution < -0.4 is 0 Å². The van der Waals surface area contributed by atoms with Gasteiger partial charge in [0.05, 0.1) is 18.7 Å². The summed E-state index contributed by atoms with van der Waals surface area (Å²) in [6.07, 6.45) is 7.76. The van der Waals surface area contributed by atoms with Crippen molar-refractivity contribution >= 4 is 17.2 Å². The van der Waals surface area contributed by atoms with E-state index in [0.29, 0.717) is 6.42 Å². The molecule has 1 saturated heterocycles. The molecule has 2 aromatic heterocycles. The minimum Gasteiger partial charge on any atom is -0.335 e. The molecule has 4 nitrogen and oxygen atoms in total. The summed E-state index contributed by atoms with van der Waals surface area (Å²) in [5.41, 5.74) is 2.28. The molecule has 0 spiro atoms. The largest absolute Gasteiger partial charge is 0.335 e. The number of nitrogens with zero attached hydrogens (tertiary/aromatic N) is 3. The van der Waals surface area contributed by atoms with Crippen molar-refractivity contribution in [2.45, 2.75) is 31.7 Å². The highest BCUT2D eigenvalue weighted by Gasteiger charge is 2.28. The monoisotopic (exact) mass is 289 g/mol. The quantitative estimate of drug-likeness (QED) is 0.871. The molecule has 1 amide bonds. The Hall–Kier alpha value is -1.62. The van der Waals surface area contributed by atoms with E-state index >= 15 is 0 Å². The number of aryl methyl sites for hydroxylation is 1. The molecular weight excluding hydrogens is 270 g/mol. The van der Waals surface area contributed by atoms with Crippen LogP contribution in [0.3, 0.4) is 0 Å². The van der Waals surface area contributed by atoms with Crippen molar-refractivity contribution < 1.29 is 4.79 Å². The van der Waals surface area contributed by atoms with Gasteiger partial charge in [-0.3, -0.25) is 9.48 Å². The van der Waals surface area contributed by atoms with E-state index in [4.69, 9.17) is 0 Å². The second-order valence-corrected chi connectivity index (χ2v) is 6.13. The first-order valence-electron chi connectivity index (χ1n) is 7.03. The van der Waals surface area contributed by atoms with Gasteiger partial charge in [0.1, 0.15) is 0 Å². The standard InChI is InChI=1S/C15H19N3OS/c1-17-10-13(9-16-17)14-4-2-3-6-18(14)15(19)8-12-5-7-20-11-12/h5,7,9-11,14H,2-4,6,8H2,1H3/t14-/m1/s1. The lowest BCUT2D eigenvalue weighted by atomic mass is 9.97.